The molecule has 0 radical (unpaired) electrons. The van der Waals surface area contributed by atoms with Gasteiger partial charge in [-0.2, -0.15) is 0 Å². The number of hydrogen-bond acceptors (Lipinski definition) is 2. The number of aromatic carboxylic acids is 1. The monoisotopic (exact) mass is 221 g/mol. The molecule has 0 spiro atoms. The molecule has 86 valence electrons. The molecule has 16 heavy (non-hydrogen) atoms. The summed E-state index contributed by atoms with van der Waals surface area (Å²) in [7, 11) is 0. The number of hydrogen-bond donors (Lipinski definition) is 1. The fraction of sp³-hybridized carbons (Fsp3) is 0.500. The van der Waals surface area contributed by atoms with E-state index < -0.39 is 5.97 Å². The van der Waals surface area contributed by atoms with Crippen LogP contribution in [0, 0.1) is 6.92 Å². The van der Waals surface area contributed by atoms with Gasteiger partial charge in [-0.25, -0.2) is 4.79 Å². The van der Waals surface area contributed by atoms with E-state index in [0.29, 0.717) is 0 Å². The van der Waals surface area contributed by atoms with E-state index in [-0.39, 0.29) is 17.2 Å². The number of carbonyl (C=O) groups is 1. The molecule has 0 unspecified atom stereocenters. The molecule has 0 amide bonds. The molecule has 2 rings (SSSR count). The Morgan fingerprint density at radius 2 is 2.00 bits per heavy atom. The Kier molecular flexibility index (Phi) is 2.81. The zero-order valence-electron chi connectivity index (χ0n) is 9.27. The van der Waals surface area contributed by atoms with Gasteiger partial charge in [-0.1, -0.05) is 12.8 Å². The number of carboxylic acids is 1. The van der Waals surface area contributed by atoms with Crippen molar-refractivity contribution in [1.29, 1.82) is 0 Å². The van der Waals surface area contributed by atoms with Gasteiger partial charge in [0.1, 0.15) is 5.56 Å². The van der Waals surface area contributed by atoms with Crippen molar-refractivity contribution < 1.29 is 9.90 Å². The van der Waals surface area contributed by atoms with Gasteiger partial charge in [0.2, 0.25) is 0 Å². The van der Waals surface area contributed by atoms with Gasteiger partial charge in [-0.3, -0.25) is 4.79 Å². The summed E-state index contributed by atoms with van der Waals surface area (Å²) in [6.45, 7) is 1.85. The largest absolute Gasteiger partial charge is 0.477 e. The number of carboxylic acid groups (broad SMARTS) is 1. The Morgan fingerprint density at radius 1 is 1.38 bits per heavy atom. The van der Waals surface area contributed by atoms with Gasteiger partial charge in [0.05, 0.1) is 0 Å². The highest BCUT2D eigenvalue weighted by molar-refractivity contribution is 5.87. The molecule has 1 aliphatic rings. The average molecular weight is 221 g/mol. The maximum absolute atomic E-state index is 12.0. The summed E-state index contributed by atoms with van der Waals surface area (Å²) in [5.41, 5.74) is 0.360. The third-order valence-electron chi connectivity index (χ3n) is 3.24. The van der Waals surface area contributed by atoms with Crippen molar-refractivity contribution in [3.63, 3.8) is 0 Å². The lowest BCUT2D eigenvalue weighted by atomic mass is 10.2. The number of pyridine rings is 1. The molecule has 4 heteroatoms. The first-order valence-corrected chi connectivity index (χ1v) is 5.56. The molecular formula is C12H15NO3. The topological polar surface area (TPSA) is 59.3 Å². The molecule has 1 aliphatic carbocycles. The van der Waals surface area contributed by atoms with Crippen LogP contribution in [0.1, 0.15) is 47.8 Å². The molecule has 1 heterocycles. The van der Waals surface area contributed by atoms with E-state index >= 15 is 0 Å². The maximum Gasteiger partial charge on any atom is 0.341 e. The van der Waals surface area contributed by atoms with E-state index in [9.17, 15) is 9.59 Å². The zero-order valence-corrected chi connectivity index (χ0v) is 9.27. The maximum atomic E-state index is 12.0. The average Bonchev–Trinajstić information content (AvgIpc) is 2.70. The van der Waals surface area contributed by atoms with E-state index in [4.69, 9.17) is 5.11 Å². The smallest absolute Gasteiger partial charge is 0.341 e. The number of rotatable bonds is 2. The van der Waals surface area contributed by atoms with Gasteiger partial charge in [-0.15, -0.1) is 0 Å². The molecule has 1 aromatic rings. The first-order chi connectivity index (χ1) is 7.61. The summed E-state index contributed by atoms with van der Waals surface area (Å²) in [5, 5.41) is 8.91. The first kappa shape index (κ1) is 10.9. The number of aryl methyl sites for hydroxylation is 1. The molecule has 1 N–H and O–H groups in total. The molecule has 0 atom stereocenters. The summed E-state index contributed by atoms with van der Waals surface area (Å²) in [4.78, 5) is 22.9. The van der Waals surface area contributed by atoms with Crippen LogP contribution in [0.3, 0.4) is 0 Å². The minimum Gasteiger partial charge on any atom is -0.477 e. The molecule has 0 aliphatic heterocycles. The molecule has 1 fully saturated rings. The van der Waals surface area contributed by atoms with Crippen molar-refractivity contribution in [2.24, 2.45) is 0 Å². The fourth-order valence-electron chi connectivity index (χ4n) is 2.42. The second-order valence-corrected chi connectivity index (χ2v) is 4.31. The molecule has 0 aromatic carbocycles. The van der Waals surface area contributed by atoms with Crippen LogP contribution >= 0.6 is 0 Å². The zero-order chi connectivity index (χ0) is 11.7. The minimum absolute atomic E-state index is 0.127. The van der Waals surface area contributed by atoms with Crippen LogP contribution in [0.4, 0.5) is 0 Å². The fourth-order valence-corrected chi connectivity index (χ4v) is 2.42. The predicted molar refractivity (Wildman–Crippen MR) is 59.9 cm³/mol. The van der Waals surface area contributed by atoms with Crippen LogP contribution in [0.15, 0.2) is 16.9 Å². The highest BCUT2D eigenvalue weighted by atomic mass is 16.4. The van der Waals surface area contributed by atoms with Crippen molar-refractivity contribution in [3.8, 4) is 0 Å². The van der Waals surface area contributed by atoms with Crippen LogP contribution in [-0.4, -0.2) is 15.6 Å². The molecule has 1 aromatic heterocycles. The van der Waals surface area contributed by atoms with Crippen molar-refractivity contribution in [1.82, 2.24) is 4.57 Å². The predicted octanol–water partition coefficient (Wildman–Crippen LogP) is 1.97. The Labute approximate surface area is 93.5 Å². The third-order valence-corrected chi connectivity index (χ3v) is 3.24. The summed E-state index contributed by atoms with van der Waals surface area (Å²) in [6.07, 6.45) is 4.19. The second kappa shape index (κ2) is 4.12. The van der Waals surface area contributed by atoms with Gasteiger partial charge in [0.15, 0.2) is 0 Å². The summed E-state index contributed by atoms with van der Waals surface area (Å²) >= 11 is 0. The lowest BCUT2D eigenvalue weighted by molar-refractivity contribution is 0.0694. The Morgan fingerprint density at radius 3 is 2.56 bits per heavy atom. The standard InChI is InChI=1S/C12H15NO3/c1-8-6-7-10(12(15)16)11(14)13(8)9-4-2-3-5-9/h6-7,9H,2-5H2,1H3,(H,15,16). The van der Waals surface area contributed by atoms with Gasteiger partial charge in [-0.05, 0) is 31.9 Å². The van der Waals surface area contributed by atoms with Crippen LogP contribution in [0.2, 0.25) is 0 Å². The van der Waals surface area contributed by atoms with Crippen LogP contribution in [0.5, 0.6) is 0 Å². The van der Waals surface area contributed by atoms with Crippen molar-refractivity contribution in [2.75, 3.05) is 0 Å². The van der Waals surface area contributed by atoms with E-state index in [1.165, 1.54) is 6.07 Å². The van der Waals surface area contributed by atoms with Gasteiger partial charge < -0.3 is 9.67 Å². The van der Waals surface area contributed by atoms with Gasteiger partial charge in [0.25, 0.3) is 5.56 Å². The highest BCUT2D eigenvalue weighted by Gasteiger charge is 2.21. The van der Waals surface area contributed by atoms with Gasteiger partial charge in [0, 0.05) is 11.7 Å². The third kappa shape index (κ3) is 1.75. The molecule has 4 nitrogen and oxygen atoms in total. The molecule has 1 saturated carbocycles. The van der Waals surface area contributed by atoms with Crippen molar-refractivity contribution >= 4 is 5.97 Å². The lowest BCUT2D eigenvalue weighted by Gasteiger charge is -2.17. The van der Waals surface area contributed by atoms with Crippen LogP contribution in [-0.2, 0) is 0 Å². The summed E-state index contributed by atoms with van der Waals surface area (Å²) in [6, 6.07) is 3.29. The Balaban J connectivity index is 2.54. The number of aromatic nitrogens is 1. The highest BCUT2D eigenvalue weighted by Crippen LogP contribution is 2.29. The SMILES string of the molecule is Cc1ccc(C(=O)O)c(=O)n1C1CCCC1. The quantitative estimate of drug-likeness (QED) is 0.830. The van der Waals surface area contributed by atoms with Gasteiger partial charge >= 0.3 is 5.97 Å². The van der Waals surface area contributed by atoms with E-state index in [2.05, 4.69) is 0 Å². The van der Waals surface area contributed by atoms with Crippen LogP contribution < -0.4 is 5.56 Å². The lowest BCUT2D eigenvalue weighted by Crippen LogP contribution is -2.30. The van der Waals surface area contributed by atoms with E-state index in [1.54, 1.807) is 10.6 Å². The second-order valence-electron chi connectivity index (χ2n) is 4.31. The molecule has 0 saturated heterocycles. The van der Waals surface area contributed by atoms with E-state index in [1.807, 2.05) is 6.92 Å². The minimum atomic E-state index is -1.14. The van der Waals surface area contributed by atoms with Crippen molar-refractivity contribution in [3.05, 3.63) is 33.7 Å². The first-order valence-electron chi connectivity index (χ1n) is 5.56. The Hall–Kier alpha value is -1.58. The van der Waals surface area contributed by atoms with Crippen LogP contribution in [0.25, 0.3) is 0 Å². The van der Waals surface area contributed by atoms with E-state index in [0.717, 1.165) is 31.4 Å². The van der Waals surface area contributed by atoms with Crippen molar-refractivity contribution in [2.45, 2.75) is 38.6 Å². The summed E-state index contributed by atoms with van der Waals surface area (Å²) < 4.78 is 1.65. The molecule has 0 bridgehead atoms. The summed E-state index contributed by atoms with van der Waals surface area (Å²) in [5.74, 6) is -1.14. The normalized spacial score (nSPS) is 16.6. The molecular weight excluding hydrogens is 206 g/mol. The number of nitrogens with zero attached hydrogens (tertiary/aromatic N) is 1. The Bertz CT molecular complexity index is 470.